The average molecular weight is 397 g/mol. The summed E-state index contributed by atoms with van der Waals surface area (Å²) in [6, 6.07) is 15.7. The van der Waals surface area contributed by atoms with Gasteiger partial charge in [-0.05, 0) is 43.5 Å². The largest absolute Gasteiger partial charge is 0.339 e. The SMILES string of the molecule is CCCCN(CC)C(=O)c1ccccc1SCC(=O)N1CCc2ccccc21. The van der Waals surface area contributed by atoms with Crippen LogP contribution in [0.15, 0.2) is 53.4 Å². The smallest absolute Gasteiger partial charge is 0.254 e. The van der Waals surface area contributed by atoms with Gasteiger partial charge in [0.15, 0.2) is 0 Å². The van der Waals surface area contributed by atoms with Crippen LogP contribution in [0.25, 0.3) is 0 Å². The number of hydrogen-bond donors (Lipinski definition) is 0. The van der Waals surface area contributed by atoms with Crippen molar-refractivity contribution in [2.24, 2.45) is 0 Å². The van der Waals surface area contributed by atoms with Gasteiger partial charge in [-0.15, -0.1) is 11.8 Å². The van der Waals surface area contributed by atoms with Crippen LogP contribution < -0.4 is 4.90 Å². The van der Waals surface area contributed by atoms with E-state index in [1.165, 1.54) is 17.3 Å². The molecule has 0 unspecified atom stereocenters. The maximum atomic E-state index is 13.0. The van der Waals surface area contributed by atoms with E-state index in [1.54, 1.807) is 0 Å². The van der Waals surface area contributed by atoms with Gasteiger partial charge >= 0.3 is 0 Å². The van der Waals surface area contributed by atoms with Crippen molar-refractivity contribution in [2.45, 2.75) is 38.0 Å². The fourth-order valence-electron chi connectivity index (χ4n) is 3.51. The number of fused-ring (bicyclic) bond motifs is 1. The number of hydrogen-bond acceptors (Lipinski definition) is 3. The van der Waals surface area contributed by atoms with Crippen LogP contribution in [0.3, 0.4) is 0 Å². The van der Waals surface area contributed by atoms with E-state index in [2.05, 4.69) is 13.0 Å². The summed E-state index contributed by atoms with van der Waals surface area (Å²) in [7, 11) is 0. The van der Waals surface area contributed by atoms with Crippen LogP contribution in [0.1, 0.15) is 42.6 Å². The van der Waals surface area contributed by atoms with Gasteiger partial charge in [0, 0.05) is 30.2 Å². The number of unbranched alkanes of at least 4 members (excludes halogenated alkanes) is 1. The van der Waals surface area contributed by atoms with Crippen molar-refractivity contribution in [1.29, 1.82) is 0 Å². The van der Waals surface area contributed by atoms with Gasteiger partial charge in [-0.25, -0.2) is 0 Å². The number of carbonyl (C=O) groups excluding carboxylic acids is 2. The molecule has 0 saturated carbocycles. The van der Waals surface area contributed by atoms with Crippen molar-refractivity contribution in [3.8, 4) is 0 Å². The zero-order valence-electron chi connectivity index (χ0n) is 16.7. The maximum absolute atomic E-state index is 13.0. The molecule has 0 spiro atoms. The van der Waals surface area contributed by atoms with E-state index in [1.807, 2.05) is 59.2 Å². The van der Waals surface area contributed by atoms with Crippen molar-refractivity contribution in [1.82, 2.24) is 4.90 Å². The molecule has 0 aliphatic carbocycles. The summed E-state index contributed by atoms with van der Waals surface area (Å²) in [5.74, 6) is 0.480. The maximum Gasteiger partial charge on any atom is 0.254 e. The summed E-state index contributed by atoms with van der Waals surface area (Å²) in [6.45, 7) is 6.34. The molecule has 4 nitrogen and oxygen atoms in total. The lowest BCUT2D eigenvalue weighted by Gasteiger charge is -2.22. The Hall–Kier alpha value is -2.27. The van der Waals surface area contributed by atoms with Gasteiger partial charge in [-0.1, -0.05) is 43.7 Å². The van der Waals surface area contributed by atoms with E-state index in [-0.39, 0.29) is 11.8 Å². The highest BCUT2D eigenvalue weighted by Gasteiger charge is 2.25. The Kier molecular flexibility index (Phi) is 7.15. The third kappa shape index (κ3) is 4.58. The number of anilines is 1. The summed E-state index contributed by atoms with van der Waals surface area (Å²) < 4.78 is 0. The fourth-order valence-corrected chi connectivity index (χ4v) is 4.43. The molecule has 0 bridgehead atoms. The monoisotopic (exact) mass is 396 g/mol. The lowest BCUT2D eigenvalue weighted by Crippen LogP contribution is -2.32. The van der Waals surface area contributed by atoms with E-state index >= 15 is 0 Å². The minimum Gasteiger partial charge on any atom is -0.339 e. The van der Waals surface area contributed by atoms with Crippen molar-refractivity contribution in [3.63, 3.8) is 0 Å². The molecule has 1 heterocycles. The Morgan fingerprint density at radius 3 is 2.61 bits per heavy atom. The minimum atomic E-state index is 0.0537. The number of rotatable bonds is 8. The van der Waals surface area contributed by atoms with Crippen LogP contribution in [0.4, 0.5) is 5.69 Å². The molecular formula is C23H28N2O2S. The number of para-hydroxylation sites is 1. The van der Waals surface area contributed by atoms with Crippen molar-refractivity contribution >= 4 is 29.3 Å². The molecular weight excluding hydrogens is 368 g/mol. The third-order valence-corrected chi connectivity index (χ3v) is 6.17. The van der Waals surface area contributed by atoms with Crippen LogP contribution in [0.2, 0.25) is 0 Å². The van der Waals surface area contributed by atoms with E-state index in [9.17, 15) is 9.59 Å². The van der Waals surface area contributed by atoms with Crippen LogP contribution in [0.5, 0.6) is 0 Å². The highest BCUT2D eigenvalue weighted by atomic mass is 32.2. The summed E-state index contributed by atoms with van der Waals surface area (Å²) in [5.41, 5.74) is 2.94. The molecule has 0 aromatic heterocycles. The van der Waals surface area contributed by atoms with Crippen LogP contribution in [-0.2, 0) is 11.2 Å². The summed E-state index contributed by atoms with van der Waals surface area (Å²) >= 11 is 1.46. The zero-order chi connectivity index (χ0) is 19.9. The van der Waals surface area contributed by atoms with E-state index in [0.717, 1.165) is 42.9 Å². The molecule has 3 rings (SSSR count). The Balaban J connectivity index is 1.68. The van der Waals surface area contributed by atoms with E-state index < -0.39 is 0 Å². The van der Waals surface area contributed by atoms with E-state index in [0.29, 0.717) is 17.9 Å². The summed E-state index contributed by atoms with van der Waals surface area (Å²) in [4.78, 5) is 30.4. The predicted molar refractivity (Wildman–Crippen MR) is 116 cm³/mol. The fraction of sp³-hybridized carbons (Fsp3) is 0.391. The average Bonchev–Trinajstić information content (AvgIpc) is 3.17. The van der Waals surface area contributed by atoms with Gasteiger partial charge < -0.3 is 9.80 Å². The second-order valence-corrected chi connectivity index (χ2v) is 7.96. The Labute approximate surface area is 171 Å². The van der Waals surface area contributed by atoms with Crippen molar-refractivity contribution in [2.75, 3.05) is 30.3 Å². The lowest BCUT2D eigenvalue weighted by molar-refractivity contribution is -0.116. The van der Waals surface area contributed by atoms with Crippen LogP contribution >= 0.6 is 11.8 Å². The molecule has 1 aliphatic heterocycles. The van der Waals surface area contributed by atoms with Crippen molar-refractivity contribution in [3.05, 3.63) is 59.7 Å². The van der Waals surface area contributed by atoms with Gasteiger partial charge in [0.2, 0.25) is 5.91 Å². The molecule has 2 amide bonds. The van der Waals surface area contributed by atoms with Gasteiger partial charge in [0.25, 0.3) is 5.91 Å². The zero-order valence-corrected chi connectivity index (χ0v) is 17.5. The highest BCUT2D eigenvalue weighted by Crippen LogP contribution is 2.30. The minimum absolute atomic E-state index is 0.0537. The molecule has 148 valence electrons. The van der Waals surface area contributed by atoms with Crippen LogP contribution in [-0.4, -0.2) is 42.1 Å². The Morgan fingerprint density at radius 2 is 1.82 bits per heavy atom. The van der Waals surface area contributed by atoms with E-state index in [4.69, 9.17) is 0 Å². The quantitative estimate of drug-likeness (QED) is 0.611. The molecule has 28 heavy (non-hydrogen) atoms. The van der Waals surface area contributed by atoms with Gasteiger partial charge in [-0.2, -0.15) is 0 Å². The Morgan fingerprint density at radius 1 is 1.07 bits per heavy atom. The second-order valence-electron chi connectivity index (χ2n) is 6.95. The first kappa shape index (κ1) is 20.5. The first-order valence-corrected chi connectivity index (χ1v) is 11.0. The molecule has 0 N–H and O–H groups in total. The number of nitrogens with zero attached hydrogens (tertiary/aromatic N) is 2. The normalized spacial score (nSPS) is 12.7. The molecule has 2 aromatic carbocycles. The molecule has 5 heteroatoms. The standard InChI is InChI=1S/C23H28N2O2S/c1-3-5-15-24(4-2)23(27)19-11-7-9-13-21(19)28-17-22(26)25-16-14-18-10-6-8-12-20(18)25/h6-13H,3-5,14-17H2,1-2H3. The number of thioether (sulfide) groups is 1. The topological polar surface area (TPSA) is 40.6 Å². The first-order chi connectivity index (χ1) is 13.7. The second kappa shape index (κ2) is 9.78. The molecule has 2 aromatic rings. The summed E-state index contributed by atoms with van der Waals surface area (Å²) in [6.07, 6.45) is 2.97. The molecule has 1 aliphatic rings. The Bertz CT molecular complexity index is 837. The molecule has 0 saturated heterocycles. The van der Waals surface area contributed by atoms with Gasteiger partial charge in [-0.3, -0.25) is 9.59 Å². The molecule has 0 fully saturated rings. The summed E-state index contributed by atoms with van der Waals surface area (Å²) in [5, 5.41) is 0. The lowest BCUT2D eigenvalue weighted by atomic mass is 10.2. The number of carbonyl (C=O) groups is 2. The number of amides is 2. The number of benzene rings is 2. The van der Waals surface area contributed by atoms with Gasteiger partial charge in [0.1, 0.15) is 0 Å². The highest BCUT2D eigenvalue weighted by molar-refractivity contribution is 8.00. The third-order valence-electron chi connectivity index (χ3n) is 5.11. The molecule has 0 atom stereocenters. The first-order valence-electron chi connectivity index (χ1n) is 10.0. The predicted octanol–water partition coefficient (Wildman–Crippen LogP) is 4.63. The van der Waals surface area contributed by atoms with Crippen LogP contribution in [0, 0.1) is 0 Å². The molecule has 0 radical (unpaired) electrons. The van der Waals surface area contributed by atoms with Gasteiger partial charge in [0.05, 0.1) is 11.3 Å². The van der Waals surface area contributed by atoms with Crippen molar-refractivity contribution < 1.29 is 9.59 Å².